The van der Waals surface area contributed by atoms with Gasteiger partial charge in [-0.15, -0.1) is 0 Å². The average molecular weight is 439 g/mol. The van der Waals surface area contributed by atoms with E-state index in [1.54, 1.807) is 7.11 Å². The van der Waals surface area contributed by atoms with Crippen molar-refractivity contribution in [2.45, 2.75) is 13.2 Å². The number of morpholine rings is 1. The zero-order chi connectivity index (χ0) is 21.5. The zero-order valence-corrected chi connectivity index (χ0v) is 18.4. The molecule has 0 aromatic heterocycles. The Morgan fingerprint density at radius 1 is 0.903 bits per heavy atom. The summed E-state index contributed by atoms with van der Waals surface area (Å²) in [6, 6.07) is 22.2. The third kappa shape index (κ3) is 5.84. The lowest BCUT2D eigenvalue weighted by Crippen LogP contribution is -2.36. The molecular formula is C25H27ClN2O3. The SMILES string of the molecule is COc1cc(CNc2ccc(N3CCOCC3)cc2)ccc1OCc1ccc(Cl)cc1. The molecule has 0 atom stereocenters. The van der Waals surface area contributed by atoms with E-state index in [0.29, 0.717) is 18.2 Å². The van der Waals surface area contributed by atoms with E-state index in [1.807, 2.05) is 36.4 Å². The Labute approximate surface area is 188 Å². The van der Waals surface area contributed by atoms with E-state index in [9.17, 15) is 0 Å². The molecule has 0 unspecified atom stereocenters. The van der Waals surface area contributed by atoms with Gasteiger partial charge in [0.25, 0.3) is 0 Å². The van der Waals surface area contributed by atoms with Crippen LogP contribution in [0.4, 0.5) is 11.4 Å². The molecule has 5 nitrogen and oxygen atoms in total. The lowest BCUT2D eigenvalue weighted by atomic mass is 10.2. The van der Waals surface area contributed by atoms with Gasteiger partial charge in [-0.3, -0.25) is 0 Å². The first kappa shape index (κ1) is 21.3. The van der Waals surface area contributed by atoms with Gasteiger partial charge in [0.2, 0.25) is 0 Å². The minimum atomic E-state index is 0.459. The van der Waals surface area contributed by atoms with E-state index in [0.717, 1.165) is 54.6 Å². The summed E-state index contributed by atoms with van der Waals surface area (Å²) in [6.07, 6.45) is 0. The fourth-order valence-corrected chi connectivity index (χ4v) is 3.62. The molecule has 1 heterocycles. The zero-order valence-electron chi connectivity index (χ0n) is 17.6. The number of rotatable bonds is 8. The van der Waals surface area contributed by atoms with Gasteiger partial charge in [-0.05, 0) is 59.7 Å². The van der Waals surface area contributed by atoms with Crippen molar-refractivity contribution in [1.82, 2.24) is 0 Å². The van der Waals surface area contributed by atoms with E-state index in [-0.39, 0.29) is 0 Å². The molecule has 0 amide bonds. The molecule has 0 radical (unpaired) electrons. The Bertz CT molecular complexity index is 971. The minimum absolute atomic E-state index is 0.459. The van der Waals surface area contributed by atoms with E-state index in [1.165, 1.54) is 5.69 Å². The van der Waals surface area contributed by atoms with Crippen LogP contribution < -0.4 is 19.7 Å². The maximum Gasteiger partial charge on any atom is 0.161 e. The highest BCUT2D eigenvalue weighted by molar-refractivity contribution is 6.30. The number of ether oxygens (including phenoxy) is 3. The topological polar surface area (TPSA) is 43.0 Å². The van der Waals surface area contributed by atoms with E-state index >= 15 is 0 Å². The van der Waals surface area contributed by atoms with Crippen molar-refractivity contribution in [1.29, 1.82) is 0 Å². The van der Waals surface area contributed by atoms with E-state index in [4.69, 9.17) is 25.8 Å². The number of methoxy groups -OCH3 is 1. The van der Waals surface area contributed by atoms with Gasteiger partial charge < -0.3 is 24.4 Å². The van der Waals surface area contributed by atoms with E-state index in [2.05, 4.69) is 40.5 Å². The van der Waals surface area contributed by atoms with Crippen LogP contribution in [0.1, 0.15) is 11.1 Å². The van der Waals surface area contributed by atoms with Gasteiger partial charge >= 0.3 is 0 Å². The molecule has 3 aromatic rings. The predicted molar refractivity (Wildman–Crippen MR) is 126 cm³/mol. The Morgan fingerprint density at radius 2 is 1.61 bits per heavy atom. The lowest BCUT2D eigenvalue weighted by molar-refractivity contribution is 0.122. The number of nitrogens with zero attached hydrogens (tertiary/aromatic N) is 1. The first-order valence-electron chi connectivity index (χ1n) is 10.4. The molecule has 1 aliphatic rings. The molecule has 4 rings (SSSR count). The van der Waals surface area contributed by atoms with Crippen molar-refractivity contribution in [3.63, 3.8) is 0 Å². The second-order valence-electron chi connectivity index (χ2n) is 7.40. The van der Waals surface area contributed by atoms with E-state index < -0.39 is 0 Å². The van der Waals surface area contributed by atoms with Gasteiger partial charge in [-0.25, -0.2) is 0 Å². The largest absolute Gasteiger partial charge is 0.493 e. The van der Waals surface area contributed by atoms with Gasteiger partial charge in [0.05, 0.1) is 20.3 Å². The summed E-state index contributed by atoms with van der Waals surface area (Å²) >= 11 is 5.94. The first-order chi connectivity index (χ1) is 15.2. The summed E-state index contributed by atoms with van der Waals surface area (Å²) in [4.78, 5) is 2.35. The Morgan fingerprint density at radius 3 is 2.32 bits per heavy atom. The summed E-state index contributed by atoms with van der Waals surface area (Å²) in [5, 5.41) is 4.19. The van der Waals surface area contributed by atoms with Gasteiger partial charge in [0.15, 0.2) is 11.5 Å². The van der Waals surface area contributed by atoms with Crippen LogP contribution in [-0.2, 0) is 17.9 Å². The van der Waals surface area contributed by atoms with Gasteiger partial charge in [-0.2, -0.15) is 0 Å². The highest BCUT2D eigenvalue weighted by atomic mass is 35.5. The van der Waals surface area contributed by atoms with Crippen molar-refractivity contribution in [2.75, 3.05) is 43.6 Å². The smallest absolute Gasteiger partial charge is 0.161 e. The number of hydrogen-bond donors (Lipinski definition) is 1. The number of anilines is 2. The van der Waals surface area contributed by atoms with Crippen LogP contribution in [0.2, 0.25) is 5.02 Å². The van der Waals surface area contributed by atoms with Crippen LogP contribution in [0.15, 0.2) is 66.7 Å². The fourth-order valence-electron chi connectivity index (χ4n) is 3.50. The van der Waals surface area contributed by atoms with Crippen LogP contribution in [0.5, 0.6) is 11.5 Å². The van der Waals surface area contributed by atoms with Gasteiger partial charge in [0.1, 0.15) is 6.61 Å². The molecule has 162 valence electrons. The van der Waals surface area contributed by atoms with Gasteiger partial charge in [0, 0.05) is 36.0 Å². The summed E-state index contributed by atoms with van der Waals surface area (Å²) in [5.41, 5.74) is 4.49. The van der Waals surface area contributed by atoms with Crippen LogP contribution in [0.3, 0.4) is 0 Å². The Hall–Kier alpha value is -2.89. The predicted octanol–water partition coefficient (Wildman–Crippen LogP) is 5.38. The number of nitrogens with one attached hydrogen (secondary N) is 1. The maximum absolute atomic E-state index is 5.94. The molecular weight excluding hydrogens is 412 g/mol. The maximum atomic E-state index is 5.94. The molecule has 6 heteroatoms. The third-order valence-electron chi connectivity index (χ3n) is 5.28. The second kappa shape index (κ2) is 10.4. The number of hydrogen-bond acceptors (Lipinski definition) is 5. The van der Waals surface area contributed by atoms with Gasteiger partial charge in [-0.1, -0.05) is 29.8 Å². The standard InChI is InChI=1S/C25H27ClN2O3/c1-29-25-16-20(4-11-24(25)31-18-19-2-5-21(26)6-3-19)17-27-22-7-9-23(10-8-22)28-12-14-30-15-13-28/h2-11,16,27H,12-15,17-18H2,1H3. The summed E-state index contributed by atoms with van der Waals surface area (Å²) in [7, 11) is 1.66. The minimum Gasteiger partial charge on any atom is -0.493 e. The molecule has 1 aliphatic heterocycles. The first-order valence-corrected chi connectivity index (χ1v) is 10.8. The monoisotopic (exact) mass is 438 g/mol. The van der Waals surface area contributed by atoms with Crippen molar-refractivity contribution < 1.29 is 14.2 Å². The second-order valence-corrected chi connectivity index (χ2v) is 7.84. The molecule has 3 aromatic carbocycles. The summed E-state index contributed by atoms with van der Waals surface area (Å²) in [5.74, 6) is 1.44. The molecule has 0 saturated carbocycles. The van der Waals surface area contributed by atoms with Crippen molar-refractivity contribution in [2.24, 2.45) is 0 Å². The average Bonchev–Trinajstić information content (AvgIpc) is 2.83. The van der Waals surface area contributed by atoms with Crippen LogP contribution >= 0.6 is 11.6 Å². The molecule has 1 saturated heterocycles. The summed E-state index contributed by atoms with van der Waals surface area (Å²) < 4.78 is 16.9. The highest BCUT2D eigenvalue weighted by Crippen LogP contribution is 2.29. The van der Waals surface area contributed by atoms with Crippen molar-refractivity contribution >= 4 is 23.0 Å². The van der Waals surface area contributed by atoms with Crippen molar-refractivity contribution in [3.05, 3.63) is 82.9 Å². The molecule has 1 N–H and O–H groups in total. The Balaban J connectivity index is 1.33. The quantitative estimate of drug-likeness (QED) is 0.511. The summed E-state index contributed by atoms with van der Waals surface area (Å²) in [6.45, 7) is 4.63. The fraction of sp³-hybridized carbons (Fsp3) is 0.280. The molecule has 0 aliphatic carbocycles. The molecule has 31 heavy (non-hydrogen) atoms. The molecule has 0 spiro atoms. The molecule has 0 bridgehead atoms. The highest BCUT2D eigenvalue weighted by Gasteiger charge is 2.11. The van der Waals surface area contributed by atoms with Crippen LogP contribution in [0.25, 0.3) is 0 Å². The van der Waals surface area contributed by atoms with Crippen molar-refractivity contribution in [3.8, 4) is 11.5 Å². The van der Waals surface area contributed by atoms with Crippen LogP contribution in [-0.4, -0.2) is 33.4 Å². The number of halogens is 1. The molecule has 1 fully saturated rings. The Kier molecular flexibility index (Phi) is 7.18. The third-order valence-corrected chi connectivity index (χ3v) is 5.53. The lowest BCUT2D eigenvalue weighted by Gasteiger charge is -2.28. The van der Waals surface area contributed by atoms with Crippen LogP contribution in [0, 0.1) is 0 Å². The normalized spacial score (nSPS) is 13.7. The number of benzene rings is 3.